The van der Waals surface area contributed by atoms with E-state index in [1.54, 1.807) is 0 Å². The third-order valence-electron chi connectivity index (χ3n) is 1.89. The van der Waals surface area contributed by atoms with Crippen molar-refractivity contribution in [2.75, 3.05) is 31.3 Å². The molecule has 0 bridgehead atoms. The maximum Gasteiger partial charge on any atom is 0.150 e. The predicted molar refractivity (Wildman–Crippen MR) is 58.0 cm³/mol. The zero-order chi connectivity index (χ0) is 11.0. The molecule has 0 saturated carbocycles. The lowest BCUT2D eigenvalue weighted by Gasteiger charge is -2.09. The van der Waals surface area contributed by atoms with Gasteiger partial charge >= 0.3 is 0 Å². The summed E-state index contributed by atoms with van der Waals surface area (Å²) in [6.45, 7) is 5.32. The molecule has 86 valence electrons. The van der Waals surface area contributed by atoms with E-state index in [0.29, 0.717) is 26.2 Å². The largest absolute Gasteiger partial charge is 0.382 e. The number of sulfone groups is 1. The highest BCUT2D eigenvalue weighted by molar-refractivity contribution is 7.91. The van der Waals surface area contributed by atoms with E-state index in [9.17, 15) is 8.42 Å². The molecule has 0 radical (unpaired) electrons. The van der Waals surface area contributed by atoms with Crippen LogP contribution in [0.1, 0.15) is 20.3 Å². The third-order valence-corrected chi connectivity index (χ3v) is 3.88. The number of rotatable bonds is 8. The van der Waals surface area contributed by atoms with Crippen molar-refractivity contribution in [3.05, 3.63) is 0 Å². The average molecular weight is 223 g/mol. The van der Waals surface area contributed by atoms with Crippen molar-refractivity contribution in [1.82, 2.24) is 0 Å². The van der Waals surface area contributed by atoms with E-state index >= 15 is 0 Å². The second-order valence-corrected chi connectivity index (χ2v) is 5.73. The van der Waals surface area contributed by atoms with Gasteiger partial charge in [-0.05, 0) is 25.8 Å². The van der Waals surface area contributed by atoms with Crippen LogP contribution in [-0.2, 0) is 14.6 Å². The molecule has 0 heterocycles. The molecule has 1 atom stereocenters. The van der Waals surface area contributed by atoms with Gasteiger partial charge in [0.1, 0.15) is 0 Å². The Hall–Kier alpha value is -0.130. The van der Waals surface area contributed by atoms with E-state index in [2.05, 4.69) is 0 Å². The molecule has 0 amide bonds. The topological polar surface area (TPSA) is 69.4 Å². The van der Waals surface area contributed by atoms with Gasteiger partial charge in [-0.3, -0.25) is 0 Å². The molecule has 0 aromatic carbocycles. The lowest BCUT2D eigenvalue weighted by molar-refractivity contribution is 0.148. The summed E-state index contributed by atoms with van der Waals surface area (Å²) in [5.41, 5.74) is 5.37. The Morgan fingerprint density at radius 3 is 2.57 bits per heavy atom. The second kappa shape index (κ2) is 7.20. The van der Waals surface area contributed by atoms with E-state index in [1.807, 2.05) is 13.8 Å². The molecule has 14 heavy (non-hydrogen) atoms. The zero-order valence-electron chi connectivity index (χ0n) is 9.03. The van der Waals surface area contributed by atoms with Crippen LogP contribution in [0.4, 0.5) is 0 Å². The Balaban J connectivity index is 3.73. The van der Waals surface area contributed by atoms with E-state index in [-0.39, 0.29) is 17.4 Å². The van der Waals surface area contributed by atoms with Crippen LogP contribution < -0.4 is 5.73 Å². The molecular weight excluding hydrogens is 202 g/mol. The van der Waals surface area contributed by atoms with Gasteiger partial charge in [0.25, 0.3) is 0 Å². The minimum atomic E-state index is -2.93. The van der Waals surface area contributed by atoms with Crippen LogP contribution >= 0.6 is 0 Å². The smallest absolute Gasteiger partial charge is 0.150 e. The molecule has 0 rings (SSSR count). The van der Waals surface area contributed by atoms with Crippen LogP contribution in [0.3, 0.4) is 0 Å². The summed E-state index contributed by atoms with van der Waals surface area (Å²) in [5.74, 6) is 0.444. The Bertz CT molecular complexity index is 226. The van der Waals surface area contributed by atoms with Gasteiger partial charge in [-0.15, -0.1) is 0 Å². The molecular formula is C9H21NO3S. The van der Waals surface area contributed by atoms with Gasteiger partial charge in [-0.1, -0.05) is 6.92 Å². The fraction of sp³-hybridized carbons (Fsp3) is 1.00. The molecule has 0 spiro atoms. The van der Waals surface area contributed by atoms with Crippen molar-refractivity contribution >= 4 is 9.84 Å². The average Bonchev–Trinajstić information content (AvgIpc) is 2.12. The van der Waals surface area contributed by atoms with Crippen molar-refractivity contribution in [2.24, 2.45) is 11.7 Å². The molecule has 4 nitrogen and oxygen atoms in total. The van der Waals surface area contributed by atoms with Crippen LogP contribution in [0.25, 0.3) is 0 Å². The highest BCUT2D eigenvalue weighted by Crippen LogP contribution is 2.02. The summed E-state index contributed by atoms with van der Waals surface area (Å²) in [6.07, 6.45) is 0.577. The molecule has 1 unspecified atom stereocenters. The van der Waals surface area contributed by atoms with Crippen LogP contribution in [0, 0.1) is 5.92 Å². The summed E-state index contributed by atoms with van der Waals surface area (Å²) < 4.78 is 28.0. The fourth-order valence-corrected chi connectivity index (χ4v) is 2.84. The van der Waals surface area contributed by atoms with Crippen LogP contribution in [-0.4, -0.2) is 39.7 Å². The quantitative estimate of drug-likeness (QED) is 0.606. The van der Waals surface area contributed by atoms with Crippen molar-refractivity contribution in [2.45, 2.75) is 20.3 Å². The highest BCUT2D eigenvalue weighted by Gasteiger charge is 2.14. The normalized spacial score (nSPS) is 14.2. The monoisotopic (exact) mass is 223 g/mol. The van der Waals surface area contributed by atoms with Gasteiger partial charge in [-0.2, -0.15) is 0 Å². The summed E-state index contributed by atoms with van der Waals surface area (Å²) in [6, 6.07) is 0. The number of ether oxygens (including phenoxy) is 1. The minimum Gasteiger partial charge on any atom is -0.382 e. The fourth-order valence-electron chi connectivity index (χ4n) is 1.11. The van der Waals surface area contributed by atoms with E-state index in [4.69, 9.17) is 10.5 Å². The van der Waals surface area contributed by atoms with Gasteiger partial charge in [0.15, 0.2) is 9.84 Å². The molecule has 0 aromatic rings. The molecule has 0 aliphatic carbocycles. The highest BCUT2D eigenvalue weighted by atomic mass is 32.2. The molecule has 5 heteroatoms. The maximum atomic E-state index is 11.5. The third kappa shape index (κ3) is 7.29. The summed E-state index contributed by atoms with van der Waals surface area (Å²) >= 11 is 0. The first kappa shape index (κ1) is 13.9. The summed E-state index contributed by atoms with van der Waals surface area (Å²) in [4.78, 5) is 0. The van der Waals surface area contributed by atoms with Gasteiger partial charge in [0, 0.05) is 13.2 Å². The van der Waals surface area contributed by atoms with Crippen molar-refractivity contribution in [3.8, 4) is 0 Å². The van der Waals surface area contributed by atoms with Crippen molar-refractivity contribution < 1.29 is 13.2 Å². The molecule has 2 N–H and O–H groups in total. The van der Waals surface area contributed by atoms with Crippen molar-refractivity contribution in [1.29, 1.82) is 0 Å². The number of hydrogen-bond donors (Lipinski definition) is 1. The molecule has 0 fully saturated rings. The second-order valence-electron chi connectivity index (χ2n) is 3.51. The Morgan fingerprint density at radius 1 is 1.43 bits per heavy atom. The molecule has 0 saturated heterocycles. The van der Waals surface area contributed by atoms with Crippen LogP contribution in [0.5, 0.6) is 0 Å². The minimum absolute atomic E-state index is 0.0482. The molecule has 0 aromatic heterocycles. The Morgan fingerprint density at radius 2 is 2.07 bits per heavy atom. The van der Waals surface area contributed by atoms with Crippen molar-refractivity contribution in [3.63, 3.8) is 0 Å². The van der Waals surface area contributed by atoms with E-state index in [0.717, 1.165) is 0 Å². The standard InChI is InChI=1S/C9H21NO3S/c1-3-13-5-4-6-14(11,12)8-9(2)7-10/h9H,3-8,10H2,1-2H3. The Labute approximate surface area is 86.7 Å². The first-order chi connectivity index (χ1) is 6.52. The molecule has 0 aliphatic heterocycles. The van der Waals surface area contributed by atoms with E-state index < -0.39 is 9.84 Å². The van der Waals surface area contributed by atoms with Crippen LogP contribution in [0.15, 0.2) is 0 Å². The van der Waals surface area contributed by atoms with Gasteiger partial charge < -0.3 is 10.5 Å². The first-order valence-corrected chi connectivity index (χ1v) is 6.82. The first-order valence-electron chi connectivity index (χ1n) is 5.00. The zero-order valence-corrected chi connectivity index (χ0v) is 9.85. The van der Waals surface area contributed by atoms with Gasteiger partial charge in [-0.25, -0.2) is 8.42 Å². The van der Waals surface area contributed by atoms with Gasteiger partial charge in [0.05, 0.1) is 11.5 Å². The summed E-state index contributed by atoms with van der Waals surface area (Å²) in [5, 5.41) is 0. The maximum absolute atomic E-state index is 11.5. The van der Waals surface area contributed by atoms with Crippen LogP contribution in [0.2, 0.25) is 0 Å². The SMILES string of the molecule is CCOCCCS(=O)(=O)CC(C)CN. The summed E-state index contributed by atoms with van der Waals surface area (Å²) in [7, 11) is -2.93. The predicted octanol–water partition coefficient (Wildman–Crippen LogP) is 0.423. The lowest BCUT2D eigenvalue weighted by atomic mass is 10.2. The lowest BCUT2D eigenvalue weighted by Crippen LogP contribution is -2.23. The Kier molecular flexibility index (Phi) is 7.13. The molecule has 0 aliphatic rings. The van der Waals surface area contributed by atoms with E-state index in [1.165, 1.54) is 0 Å². The number of hydrogen-bond acceptors (Lipinski definition) is 4. The number of nitrogens with two attached hydrogens (primary N) is 1. The van der Waals surface area contributed by atoms with Gasteiger partial charge in [0.2, 0.25) is 0 Å².